The van der Waals surface area contributed by atoms with Crippen molar-refractivity contribution in [2.24, 2.45) is 0 Å². The number of carbonyl (C=O) groups excluding carboxylic acids is 2. The Morgan fingerprint density at radius 1 is 1.11 bits per heavy atom. The van der Waals surface area contributed by atoms with E-state index in [1.807, 2.05) is 4.90 Å². The van der Waals surface area contributed by atoms with Gasteiger partial charge in [-0.2, -0.15) is 0 Å². The van der Waals surface area contributed by atoms with Crippen molar-refractivity contribution < 1.29 is 19.1 Å². The summed E-state index contributed by atoms with van der Waals surface area (Å²) in [6.07, 6.45) is 1.59. The number of hydrogen-bond donors (Lipinski definition) is 0. The van der Waals surface area contributed by atoms with Gasteiger partial charge in [0.25, 0.3) is 0 Å². The van der Waals surface area contributed by atoms with Crippen LogP contribution < -0.4 is 4.74 Å². The minimum absolute atomic E-state index is 0.0839. The Morgan fingerprint density at radius 3 is 2.63 bits per heavy atom. The van der Waals surface area contributed by atoms with Crippen LogP contribution in [0.2, 0.25) is 0 Å². The van der Waals surface area contributed by atoms with Crippen molar-refractivity contribution in [3.63, 3.8) is 0 Å². The first-order chi connectivity index (χ1) is 9.25. The van der Waals surface area contributed by atoms with E-state index in [9.17, 15) is 9.59 Å². The summed E-state index contributed by atoms with van der Waals surface area (Å²) in [6, 6.07) is 6.77. The van der Waals surface area contributed by atoms with Crippen LogP contribution in [0.4, 0.5) is 0 Å². The zero-order valence-corrected chi connectivity index (χ0v) is 10.3. The molecule has 1 aromatic carbocycles. The average molecular weight is 259 g/mol. The number of fused-ring (bicyclic) bond motifs is 1. The molecule has 98 valence electrons. The van der Waals surface area contributed by atoms with Crippen LogP contribution in [-0.4, -0.2) is 43.0 Å². The average Bonchev–Trinajstić information content (AvgIpc) is 2.45. The topological polar surface area (TPSA) is 55.8 Å². The lowest BCUT2D eigenvalue weighted by atomic mass is 10.0. The summed E-state index contributed by atoms with van der Waals surface area (Å²) in [6.45, 7) is 2.55. The third kappa shape index (κ3) is 2.24. The van der Waals surface area contributed by atoms with E-state index in [2.05, 4.69) is 0 Å². The van der Waals surface area contributed by atoms with Gasteiger partial charge in [-0.15, -0.1) is 0 Å². The van der Waals surface area contributed by atoms with E-state index in [1.165, 1.54) is 0 Å². The second kappa shape index (κ2) is 4.85. The number of nitrogens with zero attached hydrogens (tertiary/aromatic N) is 1. The minimum atomic E-state index is -0.588. The van der Waals surface area contributed by atoms with E-state index in [1.54, 1.807) is 30.5 Å². The summed E-state index contributed by atoms with van der Waals surface area (Å²) >= 11 is 0. The number of rotatable bonds is 1. The Hall–Kier alpha value is -2.14. The fourth-order valence-electron chi connectivity index (χ4n) is 2.14. The second-order valence-electron chi connectivity index (χ2n) is 4.41. The monoisotopic (exact) mass is 259 g/mol. The van der Waals surface area contributed by atoms with Gasteiger partial charge in [0.1, 0.15) is 11.3 Å². The first-order valence-electron chi connectivity index (χ1n) is 6.15. The number of hydrogen-bond acceptors (Lipinski definition) is 5. The molecule has 2 heterocycles. The van der Waals surface area contributed by atoms with Crippen LogP contribution in [0, 0.1) is 0 Å². The van der Waals surface area contributed by atoms with Crippen molar-refractivity contribution >= 4 is 11.8 Å². The highest BCUT2D eigenvalue weighted by Gasteiger charge is 2.31. The highest BCUT2D eigenvalue weighted by Crippen LogP contribution is 2.27. The molecule has 19 heavy (non-hydrogen) atoms. The molecule has 0 N–H and O–H groups in total. The minimum Gasteiger partial charge on any atom is -0.422 e. The molecule has 1 aromatic rings. The number of ether oxygens (including phenoxy) is 2. The Balaban J connectivity index is 1.92. The molecule has 1 saturated heterocycles. The van der Waals surface area contributed by atoms with Crippen molar-refractivity contribution in [3.05, 3.63) is 41.6 Å². The van der Waals surface area contributed by atoms with Crippen LogP contribution >= 0.6 is 0 Å². The van der Waals surface area contributed by atoms with Crippen LogP contribution in [-0.2, 0) is 9.53 Å². The molecular weight excluding hydrogens is 246 g/mol. The lowest BCUT2D eigenvalue weighted by molar-refractivity contribution is -0.130. The fourth-order valence-corrected chi connectivity index (χ4v) is 2.14. The standard InChI is InChI=1S/C14H13NO4/c16-13-10-3-1-2-4-12(10)19-14(17)11(13)9-15-5-7-18-8-6-15/h1-4,9H,5-8H2/b11-9-. The van der Waals surface area contributed by atoms with Gasteiger partial charge in [-0.3, -0.25) is 4.79 Å². The van der Waals surface area contributed by atoms with Crippen molar-refractivity contribution in [2.45, 2.75) is 0 Å². The Labute approximate surface area is 110 Å². The van der Waals surface area contributed by atoms with Gasteiger partial charge >= 0.3 is 5.97 Å². The summed E-state index contributed by atoms with van der Waals surface area (Å²) in [5.74, 6) is -0.537. The first-order valence-corrected chi connectivity index (χ1v) is 6.15. The molecule has 0 atom stereocenters. The Kier molecular flexibility index (Phi) is 3.05. The van der Waals surface area contributed by atoms with Crippen molar-refractivity contribution in [3.8, 4) is 5.75 Å². The molecule has 0 spiro atoms. The SMILES string of the molecule is O=C1Oc2ccccc2C(=O)/C1=C/N1CCOCC1. The molecule has 3 rings (SSSR count). The highest BCUT2D eigenvalue weighted by molar-refractivity contribution is 6.27. The number of esters is 1. The summed E-state index contributed by atoms with van der Waals surface area (Å²) < 4.78 is 10.4. The molecule has 1 fully saturated rings. The molecule has 0 bridgehead atoms. The van der Waals surface area contributed by atoms with Gasteiger partial charge < -0.3 is 14.4 Å². The van der Waals surface area contributed by atoms with Gasteiger partial charge in [-0.1, -0.05) is 12.1 Å². The Bertz CT molecular complexity index is 558. The number of para-hydroxylation sites is 1. The molecular formula is C14H13NO4. The third-order valence-electron chi connectivity index (χ3n) is 3.16. The fraction of sp³-hybridized carbons (Fsp3) is 0.286. The van der Waals surface area contributed by atoms with E-state index in [0.717, 1.165) is 0 Å². The summed E-state index contributed by atoms with van der Waals surface area (Å²) in [5, 5.41) is 0. The predicted molar refractivity (Wildman–Crippen MR) is 66.9 cm³/mol. The highest BCUT2D eigenvalue weighted by atomic mass is 16.5. The molecule has 0 unspecified atom stereocenters. The summed E-state index contributed by atoms with van der Waals surface area (Å²) in [4.78, 5) is 26.1. The van der Waals surface area contributed by atoms with Gasteiger partial charge in [0, 0.05) is 19.3 Å². The summed E-state index contributed by atoms with van der Waals surface area (Å²) in [7, 11) is 0. The molecule has 0 saturated carbocycles. The molecule has 2 aliphatic heterocycles. The number of Topliss-reactive ketones (excluding diaryl/α,β-unsaturated/α-hetero) is 1. The predicted octanol–water partition coefficient (Wildman–Crippen LogP) is 1.00. The maximum atomic E-state index is 12.3. The zero-order chi connectivity index (χ0) is 13.2. The van der Waals surface area contributed by atoms with Gasteiger partial charge in [0.2, 0.25) is 5.78 Å². The van der Waals surface area contributed by atoms with Crippen LogP contribution in [0.15, 0.2) is 36.0 Å². The molecule has 5 heteroatoms. The molecule has 0 aliphatic carbocycles. The van der Waals surface area contributed by atoms with Gasteiger partial charge in [-0.05, 0) is 12.1 Å². The first kappa shape index (κ1) is 11.9. The van der Waals surface area contributed by atoms with Crippen molar-refractivity contribution in [2.75, 3.05) is 26.3 Å². The van der Waals surface area contributed by atoms with E-state index >= 15 is 0 Å². The molecule has 5 nitrogen and oxygen atoms in total. The van der Waals surface area contributed by atoms with Gasteiger partial charge in [0.05, 0.1) is 18.8 Å². The molecule has 0 amide bonds. The lowest BCUT2D eigenvalue weighted by Gasteiger charge is -2.26. The molecule has 0 aromatic heterocycles. The van der Waals surface area contributed by atoms with E-state index in [-0.39, 0.29) is 11.4 Å². The maximum Gasteiger partial charge on any atom is 0.349 e. The summed E-state index contributed by atoms with van der Waals surface area (Å²) in [5.41, 5.74) is 0.516. The smallest absolute Gasteiger partial charge is 0.349 e. The maximum absolute atomic E-state index is 12.3. The van der Waals surface area contributed by atoms with Crippen LogP contribution in [0.25, 0.3) is 0 Å². The quantitative estimate of drug-likeness (QED) is 0.326. The molecule has 2 aliphatic rings. The number of ketones is 1. The van der Waals surface area contributed by atoms with E-state index in [4.69, 9.17) is 9.47 Å². The third-order valence-corrected chi connectivity index (χ3v) is 3.16. The number of benzene rings is 1. The van der Waals surface area contributed by atoms with Crippen LogP contribution in [0.3, 0.4) is 0 Å². The Morgan fingerprint density at radius 2 is 1.84 bits per heavy atom. The largest absolute Gasteiger partial charge is 0.422 e. The van der Waals surface area contributed by atoms with Crippen LogP contribution in [0.5, 0.6) is 5.75 Å². The van der Waals surface area contributed by atoms with Gasteiger partial charge in [0.15, 0.2) is 0 Å². The van der Waals surface area contributed by atoms with Gasteiger partial charge in [-0.25, -0.2) is 4.79 Å². The van der Waals surface area contributed by atoms with E-state index < -0.39 is 5.97 Å². The lowest BCUT2D eigenvalue weighted by Crippen LogP contribution is -2.35. The molecule has 0 radical (unpaired) electrons. The number of morpholine rings is 1. The number of carbonyl (C=O) groups is 2. The normalized spacial score (nSPS) is 21.3. The second-order valence-corrected chi connectivity index (χ2v) is 4.41. The van der Waals surface area contributed by atoms with Crippen LogP contribution in [0.1, 0.15) is 10.4 Å². The van der Waals surface area contributed by atoms with Crippen molar-refractivity contribution in [1.82, 2.24) is 4.90 Å². The zero-order valence-electron chi connectivity index (χ0n) is 10.3. The van der Waals surface area contributed by atoms with Crippen molar-refractivity contribution in [1.29, 1.82) is 0 Å². The van der Waals surface area contributed by atoms with E-state index in [0.29, 0.717) is 37.6 Å².